The number of carbonyl (C=O) groups excluding carboxylic acids is 4. The molecule has 0 saturated carbocycles. The molecule has 210 valence electrons. The van der Waals surface area contributed by atoms with Crippen LogP contribution >= 0.6 is 0 Å². The van der Waals surface area contributed by atoms with E-state index in [-0.39, 0.29) is 23.4 Å². The standard InChI is InChI=1S/C26H31N3O10/c1-5-8-39-25(37)28-11-7-6-10-9(2)12-14(19(31)13(10)18(11)30)22(34)26(38)16(20(12)32)17(29(3)4)21(33)15(23(26)35)24(27)36/h6-7,9,12,16-17,20,30,32-34,38H,5,8H2,1-4H3,(H2,27,36)(H,28,37). The number of likely N-dealkylation sites (N-methyl/N-ethyl adjacent to an activating group) is 1. The third-order valence-electron chi connectivity index (χ3n) is 7.81. The molecule has 0 fully saturated rings. The maximum Gasteiger partial charge on any atom is 0.411 e. The predicted octanol–water partition coefficient (Wildman–Crippen LogP) is 0.611. The zero-order chi connectivity index (χ0) is 29.1. The first-order valence-corrected chi connectivity index (χ1v) is 12.3. The van der Waals surface area contributed by atoms with Crippen LogP contribution in [0.1, 0.15) is 42.1 Å². The maximum absolute atomic E-state index is 13.8. The van der Waals surface area contributed by atoms with Crippen molar-refractivity contribution < 1.29 is 49.4 Å². The molecule has 3 aliphatic carbocycles. The van der Waals surface area contributed by atoms with Crippen LogP contribution in [0.5, 0.6) is 5.75 Å². The summed E-state index contributed by atoms with van der Waals surface area (Å²) in [5, 5.41) is 58.8. The Kier molecular flexibility index (Phi) is 6.96. The molecule has 39 heavy (non-hydrogen) atoms. The van der Waals surface area contributed by atoms with Crippen LogP contribution < -0.4 is 11.1 Å². The van der Waals surface area contributed by atoms with Crippen LogP contribution in [0.3, 0.4) is 0 Å². The summed E-state index contributed by atoms with van der Waals surface area (Å²) in [6.45, 7) is 3.52. The molecule has 0 saturated heterocycles. The summed E-state index contributed by atoms with van der Waals surface area (Å²) in [6, 6.07) is 1.48. The molecule has 0 aromatic heterocycles. The number of primary amides is 1. The highest BCUT2D eigenvalue weighted by atomic mass is 16.5. The number of fused-ring (bicyclic) bond motifs is 3. The molecule has 4 rings (SSSR count). The minimum absolute atomic E-state index is 0.118. The van der Waals surface area contributed by atoms with Crippen molar-refractivity contribution >= 4 is 29.3 Å². The number of aliphatic hydroxyl groups excluding tert-OH is 3. The number of rotatable bonds is 5. The Morgan fingerprint density at radius 2 is 1.82 bits per heavy atom. The summed E-state index contributed by atoms with van der Waals surface area (Å²) in [7, 11) is 2.92. The van der Waals surface area contributed by atoms with E-state index in [0.29, 0.717) is 6.42 Å². The molecule has 13 heteroatoms. The number of hydrogen-bond acceptors (Lipinski definition) is 11. The van der Waals surface area contributed by atoms with Gasteiger partial charge in [0.25, 0.3) is 5.91 Å². The number of ketones is 2. The number of anilines is 1. The van der Waals surface area contributed by atoms with Crippen molar-refractivity contribution in [3.63, 3.8) is 0 Å². The van der Waals surface area contributed by atoms with Gasteiger partial charge in [0, 0.05) is 11.5 Å². The van der Waals surface area contributed by atoms with Crippen LogP contribution in [0.25, 0.3) is 0 Å². The molecular weight excluding hydrogens is 514 g/mol. The molecular formula is C26H31N3O10. The summed E-state index contributed by atoms with van der Waals surface area (Å²) in [5.41, 5.74) is 0.595. The van der Waals surface area contributed by atoms with Crippen LogP contribution in [0.2, 0.25) is 0 Å². The molecule has 6 unspecified atom stereocenters. The smallest absolute Gasteiger partial charge is 0.411 e. The first-order chi connectivity index (χ1) is 18.2. The zero-order valence-corrected chi connectivity index (χ0v) is 21.8. The van der Waals surface area contributed by atoms with E-state index in [0.717, 1.165) is 0 Å². The number of amides is 2. The van der Waals surface area contributed by atoms with Gasteiger partial charge in [0.05, 0.1) is 35.9 Å². The fourth-order valence-corrected chi connectivity index (χ4v) is 6.06. The van der Waals surface area contributed by atoms with Crippen LogP contribution in [-0.4, -0.2) is 92.4 Å². The lowest BCUT2D eigenvalue weighted by Gasteiger charge is -2.53. The molecule has 0 heterocycles. The lowest BCUT2D eigenvalue weighted by Crippen LogP contribution is -2.68. The Morgan fingerprint density at radius 3 is 2.38 bits per heavy atom. The quantitative estimate of drug-likeness (QED) is 0.201. The number of Topliss-reactive ketones (excluding diaryl/α,β-unsaturated/α-hetero) is 2. The third-order valence-corrected chi connectivity index (χ3v) is 7.81. The summed E-state index contributed by atoms with van der Waals surface area (Å²) in [4.78, 5) is 52.6. The van der Waals surface area contributed by atoms with Gasteiger partial charge in [0.2, 0.25) is 5.78 Å². The summed E-state index contributed by atoms with van der Waals surface area (Å²) in [6.07, 6.45) is -2.01. The number of benzene rings is 1. The molecule has 1 aromatic rings. The van der Waals surface area contributed by atoms with E-state index < -0.39 is 87.5 Å². The first kappa shape index (κ1) is 28.1. The van der Waals surface area contributed by atoms with Crippen molar-refractivity contribution in [3.05, 3.63) is 45.9 Å². The van der Waals surface area contributed by atoms with Crippen molar-refractivity contribution in [3.8, 4) is 5.75 Å². The van der Waals surface area contributed by atoms with E-state index in [1.807, 2.05) is 0 Å². The molecule has 0 spiro atoms. The van der Waals surface area contributed by atoms with E-state index in [1.54, 1.807) is 13.8 Å². The summed E-state index contributed by atoms with van der Waals surface area (Å²) >= 11 is 0. The highest BCUT2D eigenvalue weighted by molar-refractivity contribution is 6.25. The zero-order valence-electron chi connectivity index (χ0n) is 21.8. The molecule has 0 bridgehead atoms. The minimum atomic E-state index is -3.00. The van der Waals surface area contributed by atoms with E-state index >= 15 is 0 Å². The molecule has 0 radical (unpaired) electrons. The van der Waals surface area contributed by atoms with Gasteiger partial charge in [-0.3, -0.25) is 24.6 Å². The highest BCUT2D eigenvalue weighted by Gasteiger charge is 2.67. The molecule has 1 aromatic carbocycles. The van der Waals surface area contributed by atoms with Gasteiger partial charge < -0.3 is 36.0 Å². The minimum Gasteiger partial charge on any atom is -0.510 e. The molecule has 0 aliphatic heterocycles. The number of aromatic hydroxyl groups is 1. The van der Waals surface area contributed by atoms with E-state index in [4.69, 9.17) is 10.5 Å². The second-order valence-corrected chi connectivity index (χ2v) is 10.2. The number of nitrogens with two attached hydrogens (primary N) is 1. The fourth-order valence-electron chi connectivity index (χ4n) is 6.06. The molecule has 6 atom stereocenters. The average molecular weight is 546 g/mol. The Balaban J connectivity index is 1.92. The van der Waals surface area contributed by atoms with Crippen LogP contribution in [0.15, 0.2) is 34.8 Å². The van der Waals surface area contributed by atoms with E-state index in [9.17, 15) is 44.7 Å². The number of hydrogen-bond donors (Lipinski definition) is 7. The van der Waals surface area contributed by atoms with Gasteiger partial charge in [0.1, 0.15) is 17.1 Å². The number of phenolic OH excluding ortho intramolecular Hbond substituents is 1. The Morgan fingerprint density at radius 1 is 1.18 bits per heavy atom. The van der Waals surface area contributed by atoms with E-state index in [2.05, 4.69) is 5.32 Å². The number of nitrogens with one attached hydrogen (secondary N) is 1. The van der Waals surface area contributed by atoms with Gasteiger partial charge in [-0.1, -0.05) is 19.9 Å². The number of ether oxygens (including phenoxy) is 1. The largest absolute Gasteiger partial charge is 0.510 e. The first-order valence-electron chi connectivity index (χ1n) is 12.3. The molecule has 3 aliphatic rings. The molecule has 13 nitrogen and oxygen atoms in total. The normalized spacial score (nSPS) is 30.1. The number of carbonyl (C=O) groups is 4. The van der Waals surface area contributed by atoms with Gasteiger partial charge in [0.15, 0.2) is 17.1 Å². The Labute approximate surface area is 223 Å². The monoisotopic (exact) mass is 545 g/mol. The van der Waals surface area contributed by atoms with Crippen molar-refractivity contribution in [2.75, 3.05) is 26.0 Å². The van der Waals surface area contributed by atoms with Crippen LogP contribution in [0.4, 0.5) is 10.5 Å². The van der Waals surface area contributed by atoms with Gasteiger partial charge in [-0.25, -0.2) is 4.79 Å². The fraction of sp³-hybridized carbons (Fsp3) is 0.462. The Bertz CT molecular complexity index is 1350. The van der Waals surface area contributed by atoms with Crippen molar-refractivity contribution in [1.29, 1.82) is 0 Å². The number of phenols is 1. The predicted molar refractivity (Wildman–Crippen MR) is 135 cm³/mol. The van der Waals surface area contributed by atoms with Gasteiger partial charge in [-0.2, -0.15) is 0 Å². The SMILES string of the molecule is CCCOC(=O)Nc1ccc2c(c1O)C(=O)C1=C(O)C3(O)C(=O)C(C(N)=O)=C(O)C(N(C)C)C3C(O)C1C2C. The second kappa shape index (κ2) is 9.67. The van der Waals surface area contributed by atoms with Crippen LogP contribution in [-0.2, 0) is 14.3 Å². The third kappa shape index (κ3) is 3.87. The highest BCUT2D eigenvalue weighted by Crippen LogP contribution is 2.56. The second-order valence-electron chi connectivity index (χ2n) is 10.2. The molecule has 2 amide bonds. The lowest BCUT2D eigenvalue weighted by atomic mass is 9.55. The van der Waals surface area contributed by atoms with Crippen LogP contribution in [0, 0.1) is 11.8 Å². The van der Waals surface area contributed by atoms with Crippen molar-refractivity contribution in [1.82, 2.24) is 4.90 Å². The van der Waals surface area contributed by atoms with Gasteiger partial charge in [-0.15, -0.1) is 0 Å². The average Bonchev–Trinajstić information content (AvgIpc) is 2.85. The summed E-state index contributed by atoms with van der Waals surface area (Å²) in [5.74, 6) is -9.93. The van der Waals surface area contributed by atoms with E-state index in [1.165, 1.54) is 31.1 Å². The number of aliphatic hydroxyl groups is 4. The topological polar surface area (TPSA) is 220 Å². The van der Waals surface area contributed by atoms with Gasteiger partial charge >= 0.3 is 6.09 Å². The van der Waals surface area contributed by atoms with Gasteiger partial charge in [-0.05, 0) is 38.1 Å². The maximum atomic E-state index is 13.8. The van der Waals surface area contributed by atoms with Crippen molar-refractivity contribution in [2.24, 2.45) is 17.6 Å². The Hall–Kier alpha value is -3.94. The summed E-state index contributed by atoms with van der Waals surface area (Å²) < 4.78 is 4.95. The lowest BCUT2D eigenvalue weighted by molar-refractivity contribution is -0.162. The van der Waals surface area contributed by atoms with Crippen molar-refractivity contribution in [2.45, 2.75) is 43.9 Å². The number of nitrogens with zero attached hydrogens (tertiary/aromatic N) is 1. The molecule has 8 N–H and O–H groups in total.